The number of hydrogen-bond donors (Lipinski definition) is 0. The number of benzene rings is 1. The van der Waals surface area contributed by atoms with Gasteiger partial charge >= 0.3 is 6.18 Å². The molecule has 14 heavy (non-hydrogen) atoms. The first kappa shape index (κ1) is 11.4. The minimum Gasteiger partial charge on any atom is -0.377 e. The molecule has 1 aromatic carbocycles. The van der Waals surface area contributed by atoms with E-state index >= 15 is 0 Å². The lowest BCUT2D eigenvalue weighted by Crippen LogP contribution is -2.16. The zero-order chi connectivity index (χ0) is 10.9. The second-order valence-electron chi connectivity index (χ2n) is 3.05. The van der Waals surface area contributed by atoms with Crippen LogP contribution in [0, 0.1) is 0 Å². The highest BCUT2D eigenvalue weighted by molar-refractivity contribution is 9.10. The van der Waals surface area contributed by atoms with Gasteiger partial charge in [0.1, 0.15) is 0 Å². The van der Waals surface area contributed by atoms with E-state index in [0.717, 1.165) is 6.07 Å². The number of nitrogens with zero attached hydrogens (tertiary/aromatic N) is 1. The Morgan fingerprint density at radius 1 is 1.21 bits per heavy atom. The summed E-state index contributed by atoms with van der Waals surface area (Å²) in [4.78, 5) is 1.44. The van der Waals surface area contributed by atoms with Gasteiger partial charge in [-0.05, 0) is 18.2 Å². The van der Waals surface area contributed by atoms with Gasteiger partial charge in [0.25, 0.3) is 0 Å². The molecule has 0 atom stereocenters. The first-order valence-corrected chi connectivity index (χ1v) is 4.65. The first-order chi connectivity index (χ1) is 6.32. The molecule has 1 nitrogen and oxygen atoms in total. The number of halogens is 4. The van der Waals surface area contributed by atoms with Crippen LogP contribution in [0.3, 0.4) is 0 Å². The van der Waals surface area contributed by atoms with Gasteiger partial charge in [0.2, 0.25) is 0 Å². The first-order valence-electron chi connectivity index (χ1n) is 3.86. The van der Waals surface area contributed by atoms with Crippen molar-refractivity contribution in [3.8, 4) is 0 Å². The monoisotopic (exact) mass is 267 g/mol. The van der Waals surface area contributed by atoms with Crippen LogP contribution in [0.2, 0.25) is 0 Å². The number of anilines is 1. The van der Waals surface area contributed by atoms with Gasteiger partial charge in [0.15, 0.2) is 0 Å². The molecule has 0 saturated carbocycles. The van der Waals surface area contributed by atoms with Gasteiger partial charge < -0.3 is 4.90 Å². The third-order valence-electron chi connectivity index (χ3n) is 1.75. The van der Waals surface area contributed by atoms with Crippen LogP contribution >= 0.6 is 15.9 Å². The number of hydrogen-bond acceptors (Lipinski definition) is 1. The molecule has 0 fully saturated rings. The quantitative estimate of drug-likeness (QED) is 0.753. The average molecular weight is 268 g/mol. The van der Waals surface area contributed by atoms with Crippen LogP contribution < -0.4 is 4.90 Å². The maximum Gasteiger partial charge on any atom is 0.418 e. The summed E-state index contributed by atoms with van der Waals surface area (Å²) in [6.07, 6.45) is -4.31. The molecule has 78 valence electrons. The summed E-state index contributed by atoms with van der Waals surface area (Å²) >= 11 is 3.14. The van der Waals surface area contributed by atoms with E-state index in [0.29, 0.717) is 4.47 Å². The van der Waals surface area contributed by atoms with Gasteiger partial charge in [-0.2, -0.15) is 13.2 Å². The third kappa shape index (κ3) is 2.41. The molecule has 0 saturated heterocycles. The predicted molar refractivity (Wildman–Crippen MR) is 53.5 cm³/mol. The minimum atomic E-state index is -4.31. The summed E-state index contributed by atoms with van der Waals surface area (Å²) in [6, 6.07) is 3.90. The Kier molecular flexibility index (Phi) is 3.09. The van der Waals surface area contributed by atoms with Crippen molar-refractivity contribution in [3.05, 3.63) is 28.2 Å². The van der Waals surface area contributed by atoms with Gasteiger partial charge in [-0.3, -0.25) is 0 Å². The van der Waals surface area contributed by atoms with Crippen molar-refractivity contribution < 1.29 is 13.2 Å². The summed E-state index contributed by atoms with van der Waals surface area (Å²) in [7, 11) is 3.16. The smallest absolute Gasteiger partial charge is 0.377 e. The zero-order valence-corrected chi connectivity index (χ0v) is 9.28. The van der Waals surface area contributed by atoms with Crippen molar-refractivity contribution >= 4 is 21.6 Å². The van der Waals surface area contributed by atoms with Gasteiger partial charge in [-0.15, -0.1) is 0 Å². The van der Waals surface area contributed by atoms with Crippen molar-refractivity contribution in [2.75, 3.05) is 19.0 Å². The maximum absolute atomic E-state index is 12.5. The van der Waals surface area contributed by atoms with Crippen molar-refractivity contribution in [3.63, 3.8) is 0 Å². The second-order valence-corrected chi connectivity index (χ2v) is 3.97. The van der Waals surface area contributed by atoms with Crippen LogP contribution in [0.1, 0.15) is 5.56 Å². The minimum absolute atomic E-state index is 0.159. The predicted octanol–water partition coefficient (Wildman–Crippen LogP) is 3.53. The Hall–Kier alpha value is -0.710. The molecule has 0 spiro atoms. The summed E-state index contributed by atoms with van der Waals surface area (Å²) in [5, 5.41) is 0. The Labute approximate surface area is 88.7 Å². The highest BCUT2D eigenvalue weighted by Gasteiger charge is 2.33. The lowest BCUT2D eigenvalue weighted by Gasteiger charge is -2.19. The summed E-state index contributed by atoms with van der Waals surface area (Å²) < 4.78 is 38.1. The maximum atomic E-state index is 12.5. The van der Waals surface area contributed by atoms with Gasteiger partial charge in [0, 0.05) is 24.3 Å². The molecule has 1 aromatic rings. The molecule has 0 bridgehead atoms. The molecule has 0 aliphatic heterocycles. The third-order valence-corrected chi connectivity index (χ3v) is 2.24. The van der Waals surface area contributed by atoms with Gasteiger partial charge in [0.05, 0.1) is 5.56 Å². The highest BCUT2D eigenvalue weighted by Crippen LogP contribution is 2.37. The number of rotatable bonds is 1. The summed E-state index contributed by atoms with van der Waals surface area (Å²) in [5.41, 5.74) is -0.461. The molecule has 0 aliphatic rings. The van der Waals surface area contributed by atoms with Crippen molar-refractivity contribution in [2.24, 2.45) is 0 Å². The largest absolute Gasteiger partial charge is 0.418 e. The lowest BCUT2D eigenvalue weighted by atomic mass is 10.1. The summed E-state index contributed by atoms with van der Waals surface area (Å²) in [5.74, 6) is 0. The van der Waals surface area contributed by atoms with Crippen molar-refractivity contribution in [1.82, 2.24) is 0 Å². The van der Waals surface area contributed by atoms with E-state index in [1.54, 1.807) is 14.1 Å². The fourth-order valence-corrected chi connectivity index (χ4v) is 1.46. The van der Waals surface area contributed by atoms with Crippen LogP contribution in [0.15, 0.2) is 22.7 Å². The molecular weight excluding hydrogens is 259 g/mol. The molecule has 0 unspecified atom stereocenters. The van der Waals surface area contributed by atoms with Crippen LogP contribution in [-0.4, -0.2) is 14.1 Å². The molecule has 0 radical (unpaired) electrons. The fourth-order valence-electron chi connectivity index (χ4n) is 1.11. The average Bonchev–Trinajstić information content (AvgIpc) is 2.01. The Morgan fingerprint density at radius 2 is 1.79 bits per heavy atom. The van der Waals surface area contributed by atoms with E-state index in [4.69, 9.17) is 0 Å². The highest BCUT2D eigenvalue weighted by atomic mass is 79.9. The van der Waals surface area contributed by atoms with Crippen molar-refractivity contribution in [2.45, 2.75) is 6.18 Å². The standard InChI is InChI=1S/C9H9BrF3N/c1-14(2)8-5-6(10)3-4-7(8)9(11,12)13/h3-5H,1-2H3. The molecule has 0 amide bonds. The molecule has 0 N–H and O–H groups in total. The van der Waals surface area contributed by atoms with Crippen molar-refractivity contribution in [1.29, 1.82) is 0 Å². The fraction of sp³-hybridized carbons (Fsp3) is 0.333. The zero-order valence-electron chi connectivity index (χ0n) is 7.69. The molecular formula is C9H9BrF3N. The molecule has 5 heteroatoms. The Bertz CT molecular complexity index is 333. The van der Waals surface area contributed by atoms with E-state index in [2.05, 4.69) is 15.9 Å². The molecule has 1 rings (SSSR count). The molecule has 0 aromatic heterocycles. The Balaban J connectivity index is 3.29. The van der Waals surface area contributed by atoms with E-state index in [1.807, 2.05) is 0 Å². The molecule has 0 aliphatic carbocycles. The topological polar surface area (TPSA) is 3.24 Å². The lowest BCUT2D eigenvalue weighted by molar-refractivity contribution is -0.137. The van der Waals surface area contributed by atoms with Crippen LogP contribution in [0.4, 0.5) is 18.9 Å². The normalized spacial score (nSPS) is 11.6. The van der Waals surface area contributed by atoms with Crippen LogP contribution in [0.5, 0.6) is 0 Å². The van der Waals surface area contributed by atoms with E-state index in [1.165, 1.54) is 17.0 Å². The van der Waals surface area contributed by atoms with E-state index in [-0.39, 0.29) is 5.69 Å². The second kappa shape index (κ2) is 3.81. The summed E-state index contributed by atoms with van der Waals surface area (Å²) in [6.45, 7) is 0. The Morgan fingerprint density at radius 3 is 2.21 bits per heavy atom. The van der Waals surface area contributed by atoms with Gasteiger partial charge in [-0.25, -0.2) is 0 Å². The van der Waals surface area contributed by atoms with Crippen LogP contribution in [-0.2, 0) is 6.18 Å². The van der Waals surface area contributed by atoms with Gasteiger partial charge in [-0.1, -0.05) is 15.9 Å². The van der Waals surface area contributed by atoms with Crippen LogP contribution in [0.25, 0.3) is 0 Å². The SMILES string of the molecule is CN(C)c1cc(Br)ccc1C(F)(F)F. The number of alkyl halides is 3. The van der Waals surface area contributed by atoms with E-state index < -0.39 is 11.7 Å². The molecule has 0 heterocycles. The van der Waals surface area contributed by atoms with E-state index in [9.17, 15) is 13.2 Å².